The highest BCUT2D eigenvalue weighted by atomic mass is 16.5. The highest BCUT2D eigenvalue weighted by Crippen LogP contribution is 2.17. The molecule has 0 amide bonds. The van der Waals surface area contributed by atoms with Crippen LogP contribution < -0.4 is 5.73 Å². The van der Waals surface area contributed by atoms with Gasteiger partial charge in [-0.25, -0.2) is 0 Å². The Balaban J connectivity index is 1.82. The number of nitrogens with zero attached hydrogens (tertiary/aromatic N) is 2. The molecule has 19 heavy (non-hydrogen) atoms. The molecule has 4 nitrogen and oxygen atoms in total. The third kappa shape index (κ3) is 2.63. The third-order valence-electron chi connectivity index (χ3n) is 2.81. The molecule has 0 aliphatic carbocycles. The maximum atomic E-state index is 5.74. The lowest BCUT2D eigenvalue weighted by atomic mass is 10.1. The molecule has 94 valence electrons. The summed E-state index contributed by atoms with van der Waals surface area (Å²) in [4.78, 5) is 4.39. The molecular formula is C15H13N3O. The van der Waals surface area contributed by atoms with Crippen molar-refractivity contribution in [3.63, 3.8) is 0 Å². The van der Waals surface area contributed by atoms with Gasteiger partial charge < -0.3 is 10.3 Å². The number of aromatic nitrogens is 2. The van der Waals surface area contributed by atoms with Crippen molar-refractivity contribution in [3.8, 4) is 11.4 Å². The Morgan fingerprint density at radius 2 is 1.84 bits per heavy atom. The van der Waals surface area contributed by atoms with E-state index in [9.17, 15) is 0 Å². The van der Waals surface area contributed by atoms with Crippen molar-refractivity contribution >= 4 is 5.69 Å². The van der Waals surface area contributed by atoms with E-state index in [0.29, 0.717) is 18.1 Å². The van der Waals surface area contributed by atoms with Gasteiger partial charge in [0.05, 0.1) is 6.42 Å². The Bertz CT molecular complexity index is 677. The summed E-state index contributed by atoms with van der Waals surface area (Å²) in [5.74, 6) is 1.20. The number of nitrogens with two attached hydrogens (primary N) is 1. The van der Waals surface area contributed by atoms with Gasteiger partial charge in [-0.05, 0) is 17.7 Å². The average Bonchev–Trinajstić information content (AvgIpc) is 2.88. The molecule has 1 aromatic heterocycles. The van der Waals surface area contributed by atoms with E-state index in [0.717, 1.165) is 16.8 Å². The van der Waals surface area contributed by atoms with Gasteiger partial charge in [0.2, 0.25) is 11.7 Å². The maximum absolute atomic E-state index is 5.74. The molecule has 0 aliphatic rings. The molecule has 0 saturated heterocycles. The van der Waals surface area contributed by atoms with Crippen LogP contribution in [-0.2, 0) is 6.42 Å². The van der Waals surface area contributed by atoms with Crippen molar-refractivity contribution in [3.05, 3.63) is 66.1 Å². The number of hydrogen-bond donors (Lipinski definition) is 1. The van der Waals surface area contributed by atoms with E-state index < -0.39 is 0 Å². The lowest BCUT2D eigenvalue weighted by molar-refractivity contribution is 0.386. The van der Waals surface area contributed by atoms with Gasteiger partial charge in [0, 0.05) is 11.3 Å². The summed E-state index contributed by atoms with van der Waals surface area (Å²) in [5.41, 5.74) is 8.49. The van der Waals surface area contributed by atoms with Crippen LogP contribution in [-0.4, -0.2) is 10.1 Å². The predicted octanol–water partition coefficient (Wildman–Crippen LogP) is 2.91. The van der Waals surface area contributed by atoms with E-state index in [1.165, 1.54) is 0 Å². The van der Waals surface area contributed by atoms with Crippen molar-refractivity contribution in [1.29, 1.82) is 0 Å². The van der Waals surface area contributed by atoms with E-state index in [1.54, 1.807) is 0 Å². The van der Waals surface area contributed by atoms with E-state index in [4.69, 9.17) is 10.3 Å². The number of anilines is 1. The maximum Gasteiger partial charge on any atom is 0.231 e. The Hall–Kier alpha value is -2.62. The summed E-state index contributed by atoms with van der Waals surface area (Å²) in [7, 11) is 0. The molecule has 0 atom stereocenters. The molecule has 0 bridgehead atoms. The van der Waals surface area contributed by atoms with Crippen molar-refractivity contribution in [2.24, 2.45) is 0 Å². The number of benzene rings is 2. The van der Waals surface area contributed by atoms with Gasteiger partial charge in [-0.1, -0.05) is 47.6 Å². The first kappa shape index (κ1) is 11.5. The second kappa shape index (κ2) is 4.94. The van der Waals surface area contributed by atoms with E-state index in [1.807, 2.05) is 54.6 Å². The minimum Gasteiger partial charge on any atom is -0.399 e. The second-order valence-corrected chi connectivity index (χ2v) is 4.30. The Morgan fingerprint density at radius 1 is 1.00 bits per heavy atom. The van der Waals surface area contributed by atoms with Gasteiger partial charge in [0.25, 0.3) is 0 Å². The second-order valence-electron chi connectivity index (χ2n) is 4.30. The van der Waals surface area contributed by atoms with Crippen LogP contribution in [0.4, 0.5) is 5.69 Å². The Morgan fingerprint density at radius 3 is 2.63 bits per heavy atom. The van der Waals surface area contributed by atoms with Crippen molar-refractivity contribution < 1.29 is 4.52 Å². The largest absolute Gasteiger partial charge is 0.399 e. The lowest BCUT2D eigenvalue weighted by Crippen LogP contribution is -1.91. The third-order valence-corrected chi connectivity index (χ3v) is 2.81. The molecule has 4 heteroatoms. The van der Waals surface area contributed by atoms with Gasteiger partial charge in [0.1, 0.15) is 0 Å². The zero-order valence-electron chi connectivity index (χ0n) is 10.3. The van der Waals surface area contributed by atoms with Crippen molar-refractivity contribution in [1.82, 2.24) is 10.1 Å². The van der Waals surface area contributed by atoms with E-state index in [2.05, 4.69) is 10.1 Å². The first-order valence-corrected chi connectivity index (χ1v) is 6.04. The van der Waals surface area contributed by atoms with Crippen molar-refractivity contribution in [2.45, 2.75) is 6.42 Å². The monoisotopic (exact) mass is 251 g/mol. The van der Waals surface area contributed by atoms with Gasteiger partial charge >= 0.3 is 0 Å². The van der Waals surface area contributed by atoms with Gasteiger partial charge in [-0.2, -0.15) is 4.98 Å². The molecule has 0 radical (unpaired) electrons. The fourth-order valence-electron chi connectivity index (χ4n) is 1.91. The molecule has 0 fully saturated rings. The van der Waals surface area contributed by atoms with Gasteiger partial charge in [-0.3, -0.25) is 0 Å². The summed E-state index contributed by atoms with van der Waals surface area (Å²) < 4.78 is 5.26. The van der Waals surface area contributed by atoms with Crippen LogP contribution >= 0.6 is 0 Å². The molecular weight excluding hydrogens is 238 g/mol. The van der Waals surface area contributed by atoms with Crippen LogP contribution in [0.1, 0.15) is 11.5 Å². The predicted molar refractivity (Wildman–Crippen MR) is 73.4 cm³/mol. The number of rotatable bonds is 3. The minimum absolute atomic E-state index is 0.587. The molecule has 0 saturated carbocycles. The number of nitrogen functional groups attached to an aromatic ring is 1. The molecule has 3 aromatic rings. The molecule has 2 N–H and O–H groups in total. The summed E-state index contributed by atoms with van der Waals surface area (Å²) in [6.07, 6.45) is 0.588. The smallest absolute Gasteiger partial charge is 0.231 e. The Labute approximate surface area is 110 Å². The zero-order valence-corrected chi connectivity index (χ0v) is 10.3. The highest BCUT2D eigenvalue weighted by Gasteiger charge is 2.08. The lowest BCUT2D eigenvalue weighted by Gasteiger charge is -1.97. The van der Waals surface area contributed by atoms with E-state index in [-0.39, 0.29) is 0 Å². The molecule has 0 unspecified atom stereocenters. The molecule has 0 spiro atoms. The number of hydrogen-bond acceptors (Lipinski definition) is 4. The summed E-state index contributed by atoms with van der Waals surface area (Å²) in [5, 5.41) is 3.99. The van der Waals surface area contributed by atoms with Gasteiger partial charge in [-0.15, -0.1) is 0 Å². The first-order valence-electron chi connectivity index (χ1n) is 6.04. The van der Waals surface area contributed by atoms with Crippen LogP contribution in [0, 0.1) is 0 Å². The molecule has 0 aliphatic heterocycles. The normalized spacial score (nSPS) is 10.5. The minimum atomic E-state index is 0.587. The van der Waals surface area contributed by atoms with Gasteiger partial charge in [0.15, 0.2) is 0 Å². The fourth-order valence-corrected chi connectivity index (χ4v) is 1.91. The summed E-state index contributed by atoms with van der Waals surface area (Å²) in [6, 6.07) is 17.4. The molecule has 3 rings (SSSR count). The van der Waals surface area contributed by atoms with Crippen LogP contribution in [0.5, 0.6) is 0 Å². The van der Waals surface area contributed by atoms with Crippen LogP contribution in [0.25, 0.3) is 11.4 Å². The van der Waals surface area contributed by atoms with Crippen molar-refractivity contribution in [2.75, 3.05) is 5.73 Å². The topological polar surface area (TPSA) is 64.9 Å². The summed E-state index contributed by atoms with van der Waals surface area (Å²) >= 11 is 0. The molecule has 1 heterocycles. The van der Waals surface area contributed by atoms with E-state index >= 15 is 0 Å². The average molecular weight is 251 g/mol. The van der Waals surface area contributed by atoms with Crippen LogP contribution in [0.15, 0.2) is 59.1 Å². The quantitative estimate of drug-likeness (QED) is 0.727. The summed E-state index contributed by atoms with van der Waals surface area (Å²) in [6.45, 7) is 0. The first-order chi connectivity index (χ1) is 9.31. The fraction of sp³-hybridized carbons (Fsp3) is 0.0667. The standard InChI is InChI=1S/C15H13N3O/c16-13-8-4-5-11(9-13)10-14-17-15(18-19-14)12-6-2-1-3-7-12/h1-9H,10,16H2. The molecule has 2 aromatic carbocycles. The van der Waals surface area contributed by atoms with Crippen LogP contribution in [0.2, 0.25) is 0 Å². The van der Waals surface area contributed by atoms with Crippen LogP contribution in [0.3, 0.4) is 0 Å². The zero-order chi connectivity index (χ0) is 13.1. The highest BCUT2D eigenvalue weighted by molar-refractivity contribution is 5.53. The SMILES string of the molecule is Nc1cccc(Cc2nc(-c3ccccc3)no2)c1. The Kier molecular flexibility index (Phi) is 2.98.